The van der Waals surface area contributed by atoms with Gasteiger partial charge in [-0.1, -0.05) is 41.9 Å². The lowest BCUT2D eigenvalue weighted by Crippen LogP contribution is -2.32. The average molecular weight is 363 g/mol. The normalized spacial score (nSPS) is 12.5. The second-order valence-corrected chi connectivity index (χ2v) is 7.17. The highest BCUT2D eigenvalue weighted by Gasteiger charge is 2.19. The van der Waals surface area contributed by atoms with Crippen molar-refractivity contribution >= 4 is 23.4 Å². The van der Waals surface area contributed by atoms with Crippen LogP contribution in [0.25, 0.3) is 0 Å². The van der Waals surface area contributed by atoms with Gasteiger partial charge in [0.05, 0.1) is 0 Å². The number of amides is 1. The summed E-state index contributed by atoms with van der Waals surface area (Å²) in [7, 11) is 0. The van der Waals surface area contributed by atoms with Crippen LogP contribution in [0.5, 0.6) is 0 Å². The first-order valence-corrected chi connectivity index (χ1v) is 8.33. The molecule has 5 nitrogen and oxygen atoms in total. The number of halogens is 1. The Balaban J connectivity index is 2.21. The summed E-state index contributed by atoms with van der Waals surface area (Å²) in [5.41, 5.74) is 7.82. The van der Waals surface area contributed by atoms with Crippen LogP contribution in [0.1, 0.15) is 43.6 Å². The first-order valence-electron chi connectivity index (χ1n) is 7.95. The van der Waals surface area contributed by atoms with Crippen LogP contribution >= 0.6 is 11.6 Å². The number of nitrogens with two attached hydrogens (primary N) is 1. The Bertz CT molecular complexity index is 742. The number of aliphatic hydroxyl groups is 1. The highest BCUT2D eigenvalue weighted by atomic mass is 35.5. The molecule has 0 aromatic heterocycles. The number of hydrogen-bond donors (Lipinski definition) is 3. The average Bonchev–Trinajstić information content (AvgIpc) is 2.54. The first-order chi connectivity index (χ1) is 11.7. The van der Waals surface area contributed by atoms with Crippen LogP contribution in [-0.4, -0.2) is 16.8 Å². The molecule has 0 aliphatic rings. The number of nitrogen functional groups attached to an aromatic ring is 1. The summed E-state index contributed by atoms with van der Waals surface area (Å²) in [4.78, 5) is 11.8. The molecule has 1 unspecified atom stereocenters. The van der Waals surface area contributed by atoms with Crippen LogP contribution in [-0.2, 0) is 11.3 Å². The molecule has 0 aliphatic carbocycles. The number of nitrogens with one attached hydrogen (secondary N) is 1. The van der Waals surface area contributed by atoms with E-state index in [-0.39, 0.29) is 6.54 Å². The Labute approximate surface area is 152 Å². The van der Waals surface area contributed by atoms with Gasteiger partial charge in [0.25, 0.3) is 0 Å². The largest absolute Gasteiger partial charge is 0.444 e. The lowest BCUT2D eigenvalue weighted by atomic mass is 9.97. The second-order valence-electron chi connectivity index (χ2n) is 6.74. The van der Waals surface area contributed by atoms with Crippen LogP contribution in [0.3, 0.4) is 0 Å². The van der Waals surface area contributed by atoms with Gasteiger partial charge in [-0.25, -0.2) is 4.79 Å². The van der Waals surface area contributed by atoms with Gasteiger partial charge in [-0.15, -0.1) is 0 Å². The van der Waals surface area contributed by atoms with Crippen LogP contribution in [0.15, 0.2) is 42.5 Å². The molecule has 2 aromatic rings. The first kappa shape index (κ1) is 19.1. The minimum absolute atomic E-state index is 0.149. The molecule has 6 heteroatoms. The number of benzene rings is 2. The van der Waals surface area contributed by atoms with Crippen LogP contribution in [0, 0.1) is 0 Å². The van der Waals surface area contributed by atoms with E-state index in [9.17, 15) is 9.90 Å². The lowest BCUT2D eigenvalue weighted by molar-refractivity contribution is 0.0523. The molecule has 0 aliphatic heterocycles. The minimum Gasteiger partial charge on any atom is -0.444 e. The smallest absolute Gasteiger partial charge is 0.407 e. The molecule has 1 atom stereocenters. The zero-order valence-electron chi connectivity index (χ0n) is 14.5. The molecular formula is C19H23ClN2O3. The molecule has 0 radical (unpaired) electrons. The summed E-state index contributed by atoms with van der Waals surface area (Å²) < 4.78 is 5.20. The van der Waals surface area contributed by atoms with E-state index in [2.05, 4.69) is 5.32 Å². The monoisotopic (exact) mass is 362 g/mol. The molecule has 134 valence electrons. The van der Waals surface area contributed by atoms with Crippen LogP contribution in [0.4, 0.5) is 10.5 Å². The molecule has 0 saturated heterocycles. The van der Waals surface area contributed by atoms with E-state index in [1.807, 2.05) is 30.3 Å². The fraction of sp³-hybridized carbons (Fsp3) is 0.316. The van der Waals surface area contributed by atoms with E-state index in [1.165, 1.54) is 0 Å². The number of aliphatic hydroxyl groups excluding tert-OH is 1. The molecular weight excluding hydrogens is 340 g/mol. The quantitative estimate of drug-likeness (QED) is 0.717. The van der Waals surface area contributed by atoms with Gasteiger partial charge >= 0.3 is 6.09 Å². The van der Waals surface area contributed by atoms with Crippen LogP contribution in [0.2, 0.25) is 5.02 Å². The third-order valence-corrected chi connectivity index (χ3v) is 3.71. The predicted molar refractivity (Wildman–Crippen MR) is 99.4 cm³/mol. The Morgan fingerprint density at radius 1 is 1.28 bits per heavy atom. The third-order valence-electron chi connectivity index (χ3n) is 3.49. The van der Waals surface area contributed by atoms with E-state index in [4.69, 9.17) is 22.1 Å². The fourth-order valence-corrected chi connectivity index (χ4v) is 2.62. The molecule has 0 fully saturated rings. The minimum atomic E-state index is -0.903. The van der Waals surface area contributed by atoms with Crippen molar-refractivity contribution in [1.82, 2.24) is 5.32 Å². The van der Waals surface area contributed by atoms with E-state index in [0.717, 1.165) is 0 Å². The standard InChI is InChI=1S/C19H23ClN2O3/c1-19(2,3)25-18(24)22-11-13-9-14(20)10-15(16(13)21)17(23)12-7-5-4-6-8-12/h4-10,17,23H,11,21H2,1-3H3,(H,22,24). The zero-order chi connectivity index (χ0) is 18.6. The van der Waals surface area contributed by atoms with Gasteiger partial charge in [0.1, 0.15) is 11.7 Å². The fourth-order valence-electron chi connectivity index (χ4n) is 2.37. The Kier molecular flexibility index (Phi) is 5.93. The maximum absolute atomic E-state index is 11.8. The number of carbonyl (C=O) groups is 1. The predicted octanol–water partition coefficient (Wildman–Crippen LogP) is 4.03. The highest BCUT2D eigenvalue weighted by Crippen LogP contribution is 2.32. The summed E-state index contributed by atoms with van der Waals surface area (Å²) in [6.07, 6.45) is -1.45. The Morgan fingerprint density at radius 2 is 1.92 bits per heavy atom. The maximum Gasteiger partial charge on any atom is 0.407 e. The third kappa shape index (κ3) is 5.37. The maximum atomic E-state index is 11.8. The number of rotatable bonds is 4. The van der Waals surface area contributed by atoms with Crippen molar-refractivity contribution in [2.24, 2.45) is 0 Å². The molecule has 4 N–H and O–H groups in total. The van der Waals surface area contributed by atoms with Gasteiger partial charge in [-0.3, -0.25) is 0 Å². The van der Waals surface area contributed by atoms with Gasteiger partial charge in [0.2, 0.25) is 0 Å². The molecule has 25 heavy (non-hydrogen) atoms. The SMILES string of the molecule is CC(C)(C)OC(=O)NCc1cc(Cl)cc(C(O)c2ccccc2)c1N. The van der Waals surface area contributed by atoms with Crippen molar-refractivity contribution in [3.05, 3.63) is 64.2 Å². The van der Waals surface area contributed by atoms with Gasteiger partial charge < -0.3 is 20.9 Å². The van der Waals surface area contributed by atoms with Crippen molar-refractivity contribution in [3.8, 4) is 0 Å². The second kappa shape index (κ2) is 7.76. The molecule has 0 bridgehead atoms. The van der Waals surface area contributed by atoms with E-state index >= 15 is 0 Å². The van der Waals surface area contributed by atoms with Gasteiger partial charge in [-0.2, -0.15) is 0 Å². The van der Waals surface area contributed by atoms with Crippen molar-refractivity contribution in [2.75, 3.05) is 5.73 Å². The summed E-state index contributed by atoms with van der Waals surface area (Å²) in [5, 5.41) is 13.7. The number of ether oxygens (including phenoxy) is 1. The van der Waals surface area contributed by atoms with Gasteiger partial charge in [-0.05, 0) is 44.0 Å². The topological polar surface area (TPSA) is 84.6 Å². The van der Waals surface area contributed by atoms with Gasteiger partial charge in [0, 0.05) is 22.8 Å². The summed E-state index contributed by atoms with van der Waals surface area (Å²) >= 11 is 6.16. The van der Waals surface area contributed by atoms with Crippen molar-refractivity contribution in [1.29, 1.82) is 0 Å². The summed E-state index contributed by atoms with van der Waals surface area (Å²) in [6, 6.07) is 12.5. The molecule has 2 rings (SSSR count). The van der Waals surface area contributed by atoms with Crippen LogP contribution < -0.4 is 11.1 Å². The summed E-state index contributed by atoms with van der Waals surface area (Å²) in [5.74, 6) is 0. The zero-order valence-corrected chi connectivity index (χ0v) is 15.3. The number of carbonyl (C=O) groups excluding carboxylic acids is 1. The number of anilines is 1. The Hall–Kier alpha value is -2.24. The van der Waals surface area contributed by atoms with E-state index < -0.39 is 17.8 Å². The molecule has 0 saturated carbocycles. The van der Waals surface area contributed by atoms with Crippen molar-refractivity contribution < 1.29 is 14.6 Å². The number of hydrogen-bond acceptors (Lipinski definition) is 4. The highest BCUT2D eigenvalue weighted by molar-refractivity contribution is 6.30. The Morgan fingerprint density at radius 3 is 2.52 bits per heavy atom. The lowest BCUT2D eigenvalue weighted by Gasteiger charge is -2.21. The number of alkyl carbamates (subject to hydrolysis) is 1. The molecule has 1 amide bonds. The van der Waals surface area contributed by atoms with Crippen molar-refractivity contribution in [3.63, 3.8) is 0 Å². The summed E-state index contributed by atoms with van der Waals surface area (Å²) in [6.45, 7) is 5.51. The molecule has 0 heterocycles. The molecule has 2 aromatic carbocycles. The van der Waals surface area contributed by atoms with Crippen molar-refractivity contribution in [2.45, 2.75) is 39.0 Å². The van der Waals surface area contributed by atoms with E-state index in [0.29, 0.717) is 27.4 Å². The van der Waals surface area contributed by atoms with E-state index in [1.54, 1.807) is 32.9 Å². The van der Waals surface area contributed by atoms with Gasteiger partial charge in [0.15, 0.2) is 0 Å². The molecule has 0 spiro atoms.